The maximum Gasteiger partial charge on any atom is 0.424 e. The number of anilines is 1. The molecule has 1 aliphatic rings. The van der Waals surface area contributed by atoms with Crippen LogP contribution in [-0.4, -0.2) is 51.2 Å². The fourth-order valence-electron chi connectivity index (χ4n) is 4.42. The van der Waals surface area contributed by atoms with Crippen LogP contribution in [0, 0.1) is 5.82 Å². The second-order valence-electron chi connectivity index (χ2n) is 9.62. The molecule has 5 rings (SSSR count). The molecule has 40 heavy (non-hydrogen) atoms. The monoisotopic (exact) mass is 558 g/mol. The summed E-state index contributed by atoms with van der Waals surface area (Å²) in [6.07, 6.45) is -5.34. The number of carbonyl (C=O) groups is 2. The van der Waals surface area contributed by atoms with E-state index in [-0.39, 0.29) is 40.7 Å². The predicted molar refractivity (Wildman–Crippen MR) is 134 cm³/mol. The van der Waals surface area contributed by atoms with Gasteiger partial charge in [0, 0.05) is 16.7 Å². The molecule has 0 saturated heterocycles. The number of primary amides is 1. The van der Waals surface area contributed by atoms with E-state index in [1.54, 1.807) is 0 Å². The molecule has 0 radical (unpaired) electrons. The van der Waals surface area contributed by atoms with Crippen molar-refractivity contribution in [1.29, 1.82) is 0 Å². The smallest absolute Gasteiger partial charge is 0.424 e. The molecule has 0 aliphatic carbocycles. The Balaban J connectivity index is 1.58. The average Bonchev–Trinajstić information content (AvgIpc) is 3.45. The molecule has 1 aliphatic heterocycles. The third-order valence-corrected chi connectivity index (χ3v) is 6.90. The molecule has 0 spiro atoms. The van der Waals surface area contributed by atoms with Crippen LogP contribution in [0.25, 0.3) is 22.3 Å². The van der Waals surface area contributed by atoms with Crippen molar-refractivity contribution >= 4 is 28.8 Å². The van der Waals surface area contributed by atoms with Gasteiger partial charge in [-0.05, 0) is 55.5 Å². The number of nitrogens with two attached hydrogens (primary N) is 2. The highest BCUT2D eigenvalue weighted by Crippen LogP contribution is 2.47. The maximum absolute atomic E-state index is 14.5. The number of alkyl halides is 3. The third-order valence-electron chi connectivity index (χ3n) is 6.90. The van der Waals surface area contributed by atoms with Crippen LogP contribution >= 0.6 is 0 Å². The summed E-state index contributed by atoms with van der Waals surface area (Å²) in [6.45, 7) is -0.247. The Hall–Kier alpha value is -4.72. The summed E-state index contributed by atoms with van der Waals surface area (Å²) in [7, 11) is 0. The second-order valence-corrected chi connectivity index (χ2v) is 9.62. The molecule has 0 bridgehead atoms. The molecule has 14 heteroatoms. The molecule has 3 heterocycles. The minimum absolute atomic E-state index is 0.0307. The maximum atomic E-state index is 14.5. The molecule has 2 atom stereocenters. The summed E-state index contributed by atoms with van der Waals surface area (Å²) in [5.74, 6) is -2.37. The summed E-state index contributed by atoms with van der Waals surface area (Å²) in [4.78, 5) is 35.9. The summed E-state index contributed by atoms with van der Waals surface area (Å²) < 4.78 is 62.7. The molecule has 0 fully saturated rings. The first-order chi connectivity index (χ1) is 18.7. The first kappa shape index (κ1) is 26.9. The normalized spacial score (nSPS) is 18.1. The zero-order valence-corrected chi connectivity index (χ0v) is 20.8. The lowest BCUT2D eigenvalue weighted by Crippen LogP contribution is -2.51. The number of aromatic nitrogens is 3. The van der Waals surface area contributed by atoms with E-state index in [9.17, 15) is 32.3 Å². The van der Waals surface area contributed by atoms with Crippen molar-refractivity contribution < 1.29 is 37.0 Å². The van der Waals surface area contributed by atoms with Crippen molar-refractivity contribution in [3.63, 3.8) is 0 Å². The number of hydrogen-bond acceptors (Lipinski definition) is 7. The van der Waals surface area contributed by atoms with Gasteiger partial charge in [0.1, 0.15) is 29.3 Å². The van der Waals surface area contributed by atoms with Crippen molar-refractivity contribution in [2.75, 3.05) is 18.9 Å². The van der Waals surface area contributed by atoms with Crippen LogP contribution in [0.3, 0.4) is 0 Å². The molecule has 2 aromatic carbocycles. The molecule has 1 unspecified atom stereocenters. The van der Waals surface area contributed by atoms with Gasteiger partial charge in [0.25, 0.3) is 5.91 Å². The highest BCUT2D eigenvalue weighted by molar-refractivity contribution is 5.97. The number of benzene rings is 2. The lowest BCUT2D eigenvalue weighted by atomic mass is 9.81. The van der Waals surface area contributed by atoms with Crippen LogP contribution in [0.15, 0.2) is 48.5 Å². The number of nitrogens with one attached hydrogen (secondary N) is 2. The molecular weight excluding hydrogens is 536 g/mol. The van der Waals surface area contributed by atoms with Crippen molar-refractivity contribution in [2.24, 2.45) is 5.73 Å². The van der Waals surface area contributed by atoms with Gasteiger partial charge in [-0.3, -0.25) is 9.59 Å². The van der Waals surface area contributed by atoms with E-state index >= 15 is 0 Å². The minimum Gasteiger partial charge on any atom is -0.489 e. The lowest BCUT2D eigenvalue weighted by Gasteiger charge is -2.31. The number of aromatic amines is 1. The van der Waals surface area contributed by atoms with Gasteiger partial charge in [0.15, 0.2) is 5.95 Å². The summed E-state index contributed by atoms with van der Waals surface area (Å²) in [6, 6.07) is 9.69. The second kappa shape index (κ2) is 9.19. The van der Waals surface area contributed by atoms with Crippen LogP contribution in [0.4, 0.5) is 23.5 Å². The molecule has 2 amide bonds. The quantitative estimate of drug-likeness (QED) is 0.227. The van der Waals surface area contributed by atoms with E-state index in [1.807, 2.05) is 0 Å². The molecule has 4 aromatic rings. The van der Waals surface area contributed by atoms with Gasteiger partial charge in [0.05, 0.1) is 23.3 Å². The van der Waals surface area contributed by atoms with Gasteiger partial charge in [-0.25, -0.2) is 14.4 Å². The van der Waals surface area contributed by atoms with Crippen molar-refractivity contribution in [3.05, 3.63) is 71.2 Å². The molecule has 7 N–H and O–H groups in total. The number of nitrogen functional groups attached to an aromatic ring is 1. The number of hydrogen-bond donors (Lipinski definition) is 5. The Morgan fingerprint density at radius 3 is 2.50 bits per heavy atom. The van der Waals surface area contributed by atoms with Gasteiger partial charge in [-0.2, -0.15) is 13.2 Å². The molecule has 2 aromatic heterocycles. The number of imidazole rings is 1. The first-order valence-electron chi connectivity index (χ1n) is 11.8. The van der Waals surface area contributed by atoms with E-state index in [0.717, 1.165) is 18.2 Å². The SMILES string of the molecule is C[C@]1(C(N)=O)COc2c1cc(C(O)(CNC(=O)c1ccc3[nH]c(N)nc3c1)C(F)(F)F)nc2-c1ccc(F)cc1. The topological polar surface area (TPSA) is 169 Å². The van der Waals surface area contributed by atoms with E-state index in [2.05, 4.69) is 20.3 Å². The number of halogens is 4. The Labute approximate surface area is 223 Å². The Morgan fingerprint density at radius 2 is 1.85 bits per heavy atom. The first-order valence-corrected chi connectivity index (χ1v) is 11.8. The number of carbonyl (C=O) groups excluding carboxylic acids is 2. The van der Waals surface area contributed by atoms with Crippen LogP contribution in [0.1, 0.15) is 28.5 Å². The summed E-state index contributed by atoms with van der Waals surface area (Å²) in [5, 5.41) is 13.2. The fourth-order valence-corrected chi connectivity index (χ4v) is 4.42. The Bertz CT molecular complexity index is 1660. The Kier molecular flexibility index (Phi) is 6.17. The minimum atomic E-state index is -5.34. The summed E-state index contributed by atoms with van der Waals surface area (Å²) >= 11 is 0. The average molecular weight is 558 g/mol. The van der Waals surface area contributed by atoms with Crippen molar-refractivity contribution in [3.8, 4) is 17.0 Å². The number of pyridine rings is 1. The number of fused-ring (bicyclic) bond motifs is 2. The number of rotatable bonds is 6. The van der Waals surface area contributed by atoms with E-state index in [1.165, 1.54) is 37.3 Å². The zero-order valence-electron chi connectivity index (χ0n) is 20.8. The van der Waals surface area contributed by atoms with Crippen LogP contribution in [0.5, 0.6) is 5.75 Å². The Morgan fingerprint density at radius 1 is 1.15 bits per heavy atom. The van der Waals surface area contributed by atoms with Crippen LogP contribution < -0.4 is 21.5 Å². The highest BCUT2D eigenvalue weighted by Gasteiger charge is 2.57. The number of aliphatic hydroxyl groups is 1. The number of amides is 2. The summed E-state index contributed by atoms with van der Waals surface area (Å²) in [5.41, 5.74) is 5.69. The van der Waals surface area contributed by atoms with Gasteiger partial charge in [-0.1, -0.05) is 0 Å². The van der Waals surface area contributed by atoms with E-state index in [0.29, 0.717) is 11.0 Å². The largest absolute Gasteiger partial charge is 0.489 e. The third kappa shape index (κ3) is 4.35. The van der Waals surface area contributed by atoms with Gasteiger partial charge < -0.3 is 31.6 Å². The number of nitrogens with zero attached hydrogens (tertiary/aromatic N) is 2. The number of ether oxygens (including phenoxy) is 1. The van der Waals surface area contributed by atoms with E-state index in [4.69, 9.17) is 16.2 Å². The molecule has 10 nitrogen and oxygen atoms in total. The highest BCUT2D eigenvalue weighted by atomic mass is 19.4. The predicted octanol–water partition coefficient (Wildman–Crippen LogP) is 2.66. The standard InChI is InChI=1S/C26H22F4N6O4/c1-24(22(31)38)11-40-20-15(24)9-18(36-19(20)12-2-5-14(27)6-3-12)25(39,26(28,29)30)10-33-21(37)13-4-7-16-17(8-13)35-23(32)34-16/h2-9,39H,10-11H2,1H3,(H2,31,38)(H,33,37)(H3,32,34,35)/t24-,25?/m0/s1. The molecule has 208 valence electrons. The van der Waals surface area contributed by atoms with Crippen molar-refractivity contribution in [1.82, 2.24) is 20.3 Å². The molecular formula is C26H22F4N6O4. The lowest BCUT2D eigenvalue weighted by molar-refractivity contribution is -0.265. The zero-order chi connectivity index (χ0) is 29.0. The van der Waals surface area contributed by atoms with Gasteiger partial charge in [-0.15, -0.1) is 0 Å². The van der Waals surface area contributed by atoms with Gasteiger partial charge in [0.2, 0.25) is 11.5 Å². The van der Waals surface area contributed by atoms with E-state index < -0.39 is 47.1 Å². The van der Waals surface area contributed by atoms with Crippen LogP contribution in [-0.2, 0) is 15.8 Å². The molecule has 0 saturated carbocycles. The van der Waals surface area contributed by atoms with Crippen LogP contribution in [0.2, 0.25) is 0 Å². The van der Waals surface area contributed by atoms with Gasteiger partial charge >= 0.3 is 6.18 Å². The number of H-pyrrole nitrogens is 1. The fraction of sp³-hybridized carbons (Fsp3) is 0.231. The van der Waals surface area contributed by atoms with Crippen molar-refractivity contribution in [2.45, 2.75) is 24.1 Å².